The Balaban J connectivity index is 1.29. The van der Waals surface area contributed by atoms with Gasteiger partial charge < -0.3 is 20.7 Å². The van der Waals surface area contributed by atoms with Crippen molar-refractivity contribution in [2.75, 3.05) is 25.0 Å². The summed E-state index contributed by atoms with van der Waals surface area (Å²) in [6, 6.07) is 12.0. The number of benzene rings is 1. The number of hydrogen-bond donors (Lipinski definition) is 4. The number of pyridine rings is 2. The van der Waals surface area contributed by atoms with E-state index in [1.807, 2.05) is 12.1 Å². The topological polar surface area (TPSA) is 130 Å². The van der Waals surface area contributed by atoms with Gasteiger partial charge in [0.15, 0.2) is 17.5 Å². The molecule has 0 aliphatic carbocycles. The van der Waals surface area contributed by atoms with Gasteiger partial charge in [-0.25, -0.2) is 9.37 Å². The third-order valence-electron chi connectivity index (χ3n) is 7.19. The van der Waals surface area contributed by atoms with Gasteiger partial charge in [-0.3, -0.25) is 19.9 Å². The first-order valence-corrected chi connectivity index (χ1v) is 13.2. The highest BCUT2D eigenvalue weighted by Gasteiger charge is 2.39. The Bertz CT molecular complexity index is 1490. The molecule has 1 amide bonds. The summed E-state index contributed by atoms with van der Waals surface area (Å²) in [5, 5.41) is 16.1. The summed E-state index contributed by atoms with van der Waals surface area (Å²) in [5.74, 6) is 0.498. The highest BCUT2D eigenvalue weighted by molar-refractivity contribution is 6.18. The van der Waals surface area contributed by atoms with E-state index in [4.69, 9.17) is 9.72 Å². The van der Waals surface area contributed by atoms with Gasteiger partial charge in [0, 0.05) is 30.6 Å². The molecule has 0 saturated carbocycles. The predicted octanol–water partition coefficient (Wildman–Crippen LogP) is 2.63. The molecule has 4 aromatic rings. The Morgan fingerprint density at radius 3 is 2.69 bits per heavy atom. The number of piperidine rings is 1. The first kappa shape index (κ1) is 25.1. The molecule has 2 aliphatic heterocycles. The Morgan fingerprint density at radius 2 is 1.87 bits per heavy atom. The van der Waals surface area contributed by atoms with E-state index in [9.17, 15) is 4.79 Å². The number of hydrogen-bond acceptors (Lipinski definition) is 8. The maximum atomic E-state index is 16.0. The summed E-state index contributed by atoms with van der Waals surface area (Å²) < 4.78 is 21.6. The number of carbonyl (C=O) groups is 1. The van der Waals surface area contributed by atoms with E-state index in [2.05, 4.69) is 46.4 Å². The zero-order chi connectivity index (χ0) is 26.9. The number of aromatic amines is 1. The Morgan fingerprint density at radius 1 is 1.05 bits per heavy atom. The minimum Gasteiger partial charge on any atom is -0.492 e. The number of halogens is 1. The zero-order valence-corrected chi connectivity index (χ0v) is 22.0. The highest BCUT2D eigenvalue weighted by Crippen LogP contribution is 2.36. The molecule has 2 aliphatic rings. The van der Waals surface area contributed by atoms with Crippen LogP contribution in [0.1, 0.15) is 41.1 Å². The Labute approximate surface area is 227 Å². The number of fused-ring (bicyclic) bond motifs is 1. The van der Waals surface area contributed by atoms with Crippen molar-refractivity contribution in [3.63, 3.8) is 0 Å². The van der Waals surface area contributed by atoms with Crippen LogP contribution in [0.4, 0.5) is 10.1 Å². The zero-order valence-electron chi connectivity index (χ0n) is 21.0. The van der Waals surface area contributed by atoms with Crippen LogP contribution in [0.2, 0.25) is 0 Å². The lowest BCUT2D eigenvalue weighted by molar-refractivity contribution is 0.0902. The highest BCUT2D eigenvalue weighted by atomic mass is 28.1. The fraction of sp³-hybridized carbons (Fsp3) is 0.296. The summed E-state index contributed by atoms with van der Waals surface area (Å²) in [4.78, 5) is 26.6. The van der Waals surface area contributed by atoms with Crippen LogP contribution in [0.5, 0.6) is 5.75 Å². The number of nitrogens with zero attached hydrogens (tertiary/aromatic N) is 4. The lowest BCUT2D eigenvalue weighted by atomic mass is 9.87. The molecule has 6 rings (SSSR count). The van der Waals surface area contributed by atoms with Crippen LogP contribution in [0.25, 0.3) is 11.4 Å². The molecular formula is C27H26FN8O2Si. The standard InChI is InChI=1S/C27H26FN8O2Si/c28-21-18(24(37)34-27(39)10-16-38-20-5-2-11-31-22(20)27)3-1-4-19(21)33-26(8-14-30-15-9-26)25-32-23(35-36-25)17-6-12-29-13-7-17/h1-7,11-13,30,33H,8-10,14-16H2,(H,34,37)(H,32,35,36)/t27-/m0/s1. The molecule has 5 heterocycles. The van der Waals surface area contributed by atoms with Crippen molar-refractivity contribution < 1.29 is 13.9 Å². The molecular weight excluding hydrogens is 515 g/mol. The van der Waals surface area contributed by atoms with Gasteiger partial charge >= 0.3 is 0 Å². The van der Waals surface area contributed by atoms with Gasteiger partial charge in [0.05, 0.1) is 38.8 Å². The van der Waals surface area contributed by atoms with E-state index in [-0.39, 0.29) is 11.3 Å². The molecule has 39 heavy (non-hydrogen) atoms. The van der Waals surface area contributed by atoms with Crippen molar-refractivity contribution in [1.29, 1.82) is 0 Å². The van der Waals surface area contributed by atoms with Crippen LogP contribution in [0.15, 0.2) is 61.1 Å². The molecule has 0 spiro atoms. The maximum absolute atomic E-state index is 16.0. The smallest absolute Gasteiger partial charge is 0.254 e. The predicted molar refractivity (Wildman–Crippen MR) is 143 cm³/mol. The van der Waals surface area contributed by atoms with Crippen LogP contribution in [0.3, 0.4) is 0 Å². The van der Waals surface area contributed by atoms with E-state index >= 15 is 4.39 Å². The molecule has 0 bridgehead atoms. The van der Waals surface area contributed by atoms with Gasteiger partial charge in [-0.05, 0) is 62.3 Å². The molecule has 1 fully saturated rings. The summed E-state index contributed by atoms with van der Waals surface area (Å²) in [5.41, 5.74) is 0.786. The average Bonchev–Trinajstić information content (AvgIpc) is 3.47. The average molecular weight is 542 g/mol. The van der Waals surface area contributed by atoms with Gasteiger partial charge in [0.25, 0.3) is 5.91 Å². The number of H-pyrrole nitrogens is 1. The fourth-order valence-electron chi connectivity index (χ4n) is 5.08. The van der Waals surface area contributed by atoms with E-state index in [1.165, 1.54) is 6.07 Å². The van der Waals surface area contributed by atoms with Gasteiger partial charge in [0.1, 0.15) is 11.4 Å². The first-order chi connectivity index (χ1) is 19.0. The molecule has 4 N–H and O–H groups in total. The minimum atomic E-state index is -0.985. The monoisotopic (exact) mass is 541 g/mol. The molecule has 197 valence electrons. The molecule has 12 heteroatoms. The van der Waals surface area contributed by atoms with E-state index < -0.39 is 22.4 Å². The summed E-state index contributed by atoms with van der Waals surface area (Å²) >= 11 is 0. The molecule has 1 atom stereocenters. The number of nitrogens with one attached hydrogen (secondary N) is 4. The second kappa shape index (κ2) is 10.2. The molecule has 10 nitrogen and oxygen atoms in total. The largest absolute Gasteiger partial charge is 0.492 e. The maximum Gasteiger partial charge on any atom is 0.254 e. The number of amides is 1. The van der Waals surface area contributed by atoms with Crippen LogP contribution in [-0.4, -0.2) is 61.0 Å². The van der Waals surface area contributed by atoms with Gasteiger partial charge in [-0.15, -0.1) is 0 Å². The van der Waals surface area contributed by atoms with Crippen LogP contribution in [-0.2, 0) is 10.7 Å². The van der Waals surface area contributed by atoms with Crippen molar-refractivity contribution in [1.82, 2.24) is 35.8 Å². The summed E-state index contributed by atoms with van der Waals surface area (Å²) in [6.45, 7) is 1.79. The van der Waals surface area contributed by atoms with Crippen LogP contribution < -0.4 is 20.7 Å². The number of carbonyl (C=O) groups excluding carboxylic acids is 1. The molecule has 3 radical (unpaired) electrons. The van der Waals surface area contributed by atoms with Gasteiger partial charge in [0.2, 0.25) is 0 Å². The number of ether oxygens (including phenoxy) is 1. The van der Waals surface area contributed by atoms with Crippen LogP contribution >= 0.6 is 0 Å². The molecule has 1 aromatic carbocycles. The molecule has 3 aromatic heterocycles. The van der Waals surface area contributed by atoms with Gasteiger partial charge in [-0.2, -0.15) is 5.10 Å². The van der Waals surface area contributed by atoms with E-state index in [1.54, 1.807) is 42.9 Å². The summed E-state index contributed by atoms with van der Waals surface area (Å²) in [6.07, 6.45) is 6.70. The van der Waals surface area contributed by atoms with Crippen LogP contribution in [0, 0.1) is 5.82 Å². The van der Waals surface area contributed by atoms with Gasteiger partial charge in [-0.1, -0.05) is 6.07 Å². The minimum absolute atomic E-state index is 0.0827. The number of rotatable bonds is 6. The van der Waals surface area contributed by atoms with Crippen molar-refractivity contribution in [3.8, 4) is 17.1 Å². The summed E-state index contributed by atoms with van der Waals surface area (Å²) in [7, 11) is 3.70. The van der Waals surface area contributed by atoms with Crippen molar-refractivity contribution >= 4 is 21.8 Å². The number of aromatic nitrogens is 5. The number of anilines is 1. The SMILES string of the molecule is O=C(N[C@]1([Si])CCOc2cccnc21)c1cccc(NC2(c3nc(-c4ccncc4)n[nH]3)CCNCC2)c1F. The van der Waals surface area contributed by atoms with Crippen molar-refractivity contribution in [3.05, 3.63) is 84.0 Å². The first-order valence-electron chi connectivity index (χ1n) is 12.7. The Hall–Kier alpha value is -4.16. The molecule has 1 saturated heterocycles. The lowest BCUT2D eigenvalue weighted by Gasteiger charge is -2.37. The lowest BCUT2D eigenvalue weighted by Crippen LogP contribution is -2.50. The van der Waals surface area contributed by atoms with Crippen molar-refractivity contribution in [2.45, 2.75) is 30.0 Å². The third kappa shape index (κ3) is 4.77. The second-order valence-electron chi connectivity index (χ2n) is 9.68. The molecule has 0 unspecified atom stereocenters. The third-order valence-corrected chi connectivity index (χ3v) is 7.80. The van der Waals surface area contributed by atoms with E-state index in [0.717, 1.165) is 5.56 Å². The van der Waals surface area contributed by atoms with E-state index in [0.29, 0.717) is 62.1 Å². The van der Waals surface area contributed by atoms with Crippen molar-refractivity contribution in [2.24, 2.45) is 0 Å². The normalized spacial score (nSPS) is 19.9. The second-order valence-corrected chi connectivity index (χ2v) is 10.5. The Kier molecular flexibility index (Phi) is 6.57. The quantitative estimate of drug-likeness (QED) is 0.274. The fourth-order valence-corrected chi connectivity index (χ4v) is 5.49.